The Bertz CT molecular complexity index is 536. The Labute approximate surface area is 97.8 Å². The summed E-state index contributed by atoms with van der Waals surface area (Å²) in [5, 5.41) is 10.6. The van der Waals surface area contributed by atoms with E-state index < -0.39 is 14.9 Å². The first kappa shape index (κ1) is 12.0. The van der Waals surface area contributed by atoms with Gasteiger partial charge in [0.2, 0.25) is 0 Å². The first-order valence-electron chi connectivity index (χ1n) is 4.92. The van der Waals surface area contributed by atoms with Crippen LogP contribution in [0.1, 0.15) is 6.42 Å². The molecule has 7 nitrogen and oxygen atoms in total. The van der Waals surface area contributed by atoms with Crippen molar-refractivity contribution in [2.45, 2.75) is 11.3 Å². The Morgan fingerprint density at radius 3 is 2.76 bits per heavy atom. The molecule has 8 heteroatoms. The summed E-state index contributed by atoms with van der Waals surface area (Å²) in [7, 11) is -3.79. The van der Waals surface area contributed by atoms with Crippen molar-refractivity contribution in [3.63, 3.8) is 0 Å². The lowest BCUT2D eigenvalue weighted by Crippen LogP contribution is -2.26. The van der Waals surface area contributed by atoms with Crippen molar-refractivity contribution in [3.05, 3.63) is 34.4 Å². The number of rotatable bonds is 3. The SMILES string of the molecule is O=[N+]([O-])c1cccc(S(=O)(=O)N2CCCO2)c1. The van der Waals surface area contributed by atoms with Crippen LogP contribution in [0.25, 0.3) is 0 Å². The monoisotopic (exact) mass is 258 g/mol. The fraction of sp³-hybridized carbons (Fsp3) is 0.333. The van der Waals surface area contributed by atoms with Crippen molar-refractivity contribution in [3.8, 4) is 0 Å². The van der Waals surface area contributed by atoms with E-state index in [2.05, 4.69) is 0 Å². The molecule has 1 fully saturated rings. The summed E-state index contributed by atoms with van der Waals surface area (Å²) >= 11 is 0. The average Bonchev–Trinajstić information content (AvgIpc) is 2.83. The van der Waals surface area contributed by atoms with E-state index in [-0.39, 0.29) is 17.1 Å². The predicted molar refractivity (Wildman–Crippen MR) is 57.6 cm³/mol. The average molecular weight is 258 g/mol. The topological polar surface area (TPSA) is 89.8 Å². The molecule has 1 aromatic carbocycles. The molecule has 0 saturated carbocycles. The first-order chi connectivity index (χ1) is 8.01. The first-order valence-corrected chi connectivity index (χ1v) is 6.36. The summed E-state index contributed by atoms with van der Waals surface area (Å²) < 4.78 is 24.8. The summed E-state index contributed by atoms with van der Waals surface area (Å²) in [4.78, 5) is 14.7. The van der Waals surface area contributed by atoms with E-state index in [9.17, 15) is 18.5 Å². The number of nitrogens with zero attached hydrogens (tertiary/aromatic N) is 2. The number of nitro groups is 1. The maximum absolute atomic E-state index is 12.0. The van der Waals surface area contributed by atoms with Crippen molar-refractivity contribution in [1.82, 2.24) is 4.47 Å². The molecule has 1 aromatic rings. The van der Waals surface area contributed by atoms with Crippen LogP contribution in [0.5, 0.6) is 0 Å². The molecule has 1 heterocycles. The van der Waals surface area contributed by atoms with Crippen molar-refractivity contribution in [2.24, 2.45) is 0 Å². The predicted octanol–water partition coefficient (Wildman–Crippen LogP) is 0.921. The molecule has 0 aromatic heterocycles. The molecule has 0 radical (unpaired) electrons. The minimum absolute atomic E-state index is 0.131. The number of hydroxylamine groups is 1. The highest BCUT2D eigenvalue weighted by Crippen LogP contribution is 2.23. The number of non-ortho nitro benzene ring substituents is 1. The van der Waals surface area contributed by atoms with Gasteiger partial charge in [0.1, 0.15) is 0 Å². The molecule has 0 bridgehead atoms. The lowest BCUT2D eigenvalue weighted by Gasteiger charge is -2.13. The second-order valence-electron chi connectivity index (χ2n) is 3.47. The molecular weight excluding hydrogens is 248 g/mol. The maximum atomic E-state index is 12.0. The number of nitro benzene ring substituents is 1. The zero-order valence-electron chi connectivity index (χ0n) is 8.77. The smallest absolute Gasteiger partial charge is 0.270 e. The maximum Gasteiger partial charge on any atom is 0.270 e. The summed E-state index contributed by atoms with van der Waals surface area (Å²) in [6, 6.07) is 4.91. The fourth-order valence-electron chi connectivity index (χ4n) is 1.49. The molecule has 0 atom stereocenters. The quantitative estimate of drug-likeness (QED) is 0.594. The Kier molecular flexibility index (Phi) is 3.09. The molecule has 0 unspecified atom stereocenters. The largest absolute Gasteiger partial charge is 0.284 e. The second-order valence-corrected chi connectivity index (χ2v) is 5.30. The molecule has 1 aliphatic heterocycles. The van der Waals surface area contributed by atoms with E-state index in [1.54, 1.807) is 0 Å². The number of hydrogen-bond acceptors (Lipinski definition) is 5. The van der Waals surface area contributed by atoms with Gasteiger partial charge in [0, 0.05) is 18.7 Å². The Morgan fingerprint density at radius 2 is 2.18 bits per heavy atom. The molecule has 0 N–H and O–H groups in total. The number of sulfonamides is 1. The van der Waals surface area contributed by atoms with E-state index in [0.29, 0.717) is 13.0 Å². The number of benzene rings is 1. The molecule has 92 valence electrons. The van der Waals surface area contributed by atoms with Crippen LogP contribution in [0.2, 0.25) is 0 Å². The van der Waals surface area contributed by atoms with Gasteiger partial charge in [-0.1, -0.05) is 10.5 Å². The van der Waals surface area contributed by atoms with Crippen LogP contribution in [-0.4, -0.2) is 31.0 Å². The molecule has 0 spiro atoms. The Hall–Kier alpha value is -1.51. The van der Waals surface area contributed by atoms with Gasteiger partial charge in [-0.3, -0.25) is 15.0 Å². The lowest BCUT2D eigenvalue weighted by molar-refractivity contribution is -0.385. The van der Waals surface area contributed by atoms with Gasteiger partial charge in [0.25, 0.3) is 15.7 Å². The third-order valence-electron chi connectivity index (χ3n) is 2.31. The van der Waals surface area contributed by atoms with Crippen LogP contribution < -0.4 is 0 Å². The van der Waals surface area contributed by atoms with Crippen LogP contribution >= 0.6 is 0 Å². The fourth-order valence-corrected chi connectivity index (χ4v) is 2.83. The molecule has 2 rings (SSSR count). The summed E-state index contributed by atoms with van der Waals surface area (Å²) in [5.41, 5.74) is -0.259. The van der Waals surface area contributed by atoms with Gasteiger partial charge in [-0.15, -0.1) is 0 Å². The minimum atomic E-state index is -3.79. The van der Waals surface area contributed by atoms with Crippen molar-refractivity contribution in [2.75, 3.05) is 13.2 Å². The molecule has 0 amide bonds. The third kappa shape index (κ3) is 2.28. The van der Waals surface area contributed by atoms with Gasteiger partial charge in [-0.2, -0.15) is 0 Å². The standard InChI is InChI=1S/C9H10N2O5S/c12-11(13)8-3-1-4-9(7-8)17(14,15)10-5-2-6-16-10/h1,3-4,7H,2,5-6H2. The molecule has 1 saturated heterocycles. The molecule has 0 aliphatic carbocycles. The minimum Gasteiger partial charge on any atom is -0.284 e. The van der Waals surface area contributed by atoms with E-state index in [1.807, 2.05) is 0 Å². The van der Waals surface area contributed by atoms with Crippen LogP contribution in [0.4, 0.5) is 5.69 Å². The van der Waals surface area contributed by atoms with E-state index >= 15 is 0 Å². The van der Waals surface area contributed by atoms with Gasteiger partial charge < -0.3 is 0 Å². The van der Waals surface area contributed by atoms with E-state index in [0.717, 1.165) is 10.5 Å². The van der Waals surface area contributed by atoms with E-state index in [1.165, 1.54) is 18.2 Å². The van der Waals surface area contributed by atoms with E-state index in [4.69, 9.17) is 4.84 Å². The highest BCUT2D eigenvalue weighted by molar-refractivity contribution is 7.89. The van der Waals surface area contributed by atoms with Gasteiger partial charge in [0.05, 0.1) is 16.4 Å². The van der Waals surface area contributed by atoms with Crippen LogP contribution in [0.3, 0.4) is 0 Å². The van der Waals surface area contributed by atoms with Gasteiger partial charge in [-0.25, -0.2) is 8.42 Å². The Morgan fingerprint density at radius 1 is 1.41 bits per heavy atom. The summed E-state index contributed by atoms with van der Waals surface area (Å²) in [6.07, 6.45) is 0.619. The van der Waals surface area contributed by atoms with Gasteiger partial charge in [-0.05, 0) is 12.5 Å². The number of hydrogen-bond donors (Lipinski definition) is 0. The van der Waals surface area contributed by atoms with Crippen LogP contribution in [-0.2, 0) is 14.9 Å². The van der Waals surface area contributed by atoms with Gasteiger partial charge in [0.15, 0.2) is 0 Å². The zero-order valence-corrected chi connectivity index (χ0v) is 9.59. The van der Waals surface area contributed by atoms with Gasteiger partial charge >= 0.3 is 0 Å². The summed E-state index contributed by atoms with van der Waals surface area (Å²) in [5.74, 6) is 0. The Balaban J connectivity index is 2.39. The highest BCUT2D eigenvalue weighted by Gasteiger charge is 2.29. The van der Waals surface area contributed by atoms with Crippen LogP contribution in [0.15, 0.2) is 29.2 Å². The van der Waals surface area contributed by atoms with Crippen LogP contribution in [0, 0.1) is 10.1 Å². The third-order valence-corrected chi connectivity index (χ3v) is 3.99. The molecule has 17 heavy (non-hydrogen) atoms. The highest BCUT2D eigenvalue weighted by atomic mass is 32.2. The zero-order chi connectivity index (χ0) is 12.5. The van der Waals surface area contributed by atoms with Crippen molar-refractivity contribution < 1.29 is 18.2 Å². The normalized spacial score (nSPS) is 17.2. The lowest BCUT2D eigenvalue weighted by atomic mass is 10.3. The molecule has 1 aliphatic rings. The van der Waals surface area contributed by atoms with Crippen molar-refractivity contribution in [1.29, 1.82) is 0 Å². The second kappa shape index (κ2) is 4.40. The molecular formula is C9H10N2O5S. The summed E-state index contributed by atoms with van der Waals surface area (Å²) in [6.45, 7) is 0.610. The van der Waals surface area contributed by atoms with Crippen molar-refractivity contribution >= 4 is 15.7 Å².